The average molecular weight is 380 g/mol. The van der Waals surface area contributed by atoms with Crippen LogP contribution in [-0.2, 0) is 26.2 Å². The number of alkyl halides is 3. The predicted octanol–water partition coefficient (Wildman–Crippen LogP) is 3.64. The Morgan fingerprint density at radius 2 is 1.96 bits per heavy atom. The van der Waals surface area contributed by atoms with Crippen molar-refractivity contribution in [3.8, 4) is 22.6 Å². The molecular formula is C14H11F3O5S2. The van der Waals surface area contributed by atoms with E-state index in [2.05, 4.69) is 4.18 Å². The molecule has 0 spiro atoms. The zero-order valence-electron chi connectivity index (χ0n) is 12.2. The number of benzene rings is 1. The fourth-order valence-electron chi connectivity index (χ4n) is 2.31. The highest BCUT2D eigenvalue weighted by Crippen LogP contribution is 2.44. The number of hydrogen-bond acceptors (Lipinski definition) is 6. The Balaban J connectivity index is 2.12. The van der Waals surface area contributed by atoms with Crippen LogP contribution < -0.4 is 9.47 Å². The van der Waals surface area contributed by atoms with E-state index in [4.69, 9.17) is 9.47 Å². The highest BCUT2D eigenvalue weighted by Gasteiger charge is 2.38. The van der Waals surface area contributed by atoms with Gasteiger partial charge >= 0.3 is 6.18 Å². The molecule has 0 unspecified atom stereocenters. The van der Waals surface area contributed by atoms with Gasteiger partial charge in [-0.15, -0.1) is 11.3 Å². The maximum absolute atomic E-state index is 13.2. The first kappa shape index (κ1) is 17.1. The van der Waals surface area contributed by atoms with Crippen LogP contribution in [-0.4, -0.2) is 22.3 Å². The first-order chi connectivity index (χ1) is 11.2. The molecule has 0 saturated carbocycles. The number of thiophene rings is 1. The molecule has 0 N–H and O–H groups in total. The van der Waals surface area contributed by atoms with Gasteiger partial charge in [0.1, 0.15) is 10.6 Å². The normalized spacial score (nSPS) is 14.2. The number of hydrogen-bond donors (Lipinski definition) is 0. The Morgan fingerprint density at radius 3 is 2.62 bits per heavy atom. The summed E-state index contributed by atoms with van der Waals surface area (Å²) in [5.74, 6) is 0.00918. The fourth-order valence-corrected chi connectivity index (χ4v) is 4.14. The monoisotopic (exact) mass is 380 g/mol. The largest absolute Gasteiger partial charge is 0.454 e. The maximum Gasteiger partial charge on any atom is 0.425 e. The molecule has 130 valence electrons. The Labute approximate surface area is 139 Å². The summed E-state index contributed by atoms with van der Waals surface area (Å²) in [5.41, 5.74) is 0.242. The molecule has 10 heteroatoms. The van der Waals surface area contributed by atoms with Gasteiger partial charge in [0, 0.05) is 5.56 Å². The molecule has 0 amide bonds. The molecule has 2 heterocycles. The third-order valence-corrected chi connectivity index (χ3v) is 5.63. The molecule has 3 rings (SSSR count). The molecule has 0 aliphatic carbocycles. The van der Waals surface area contributed by atoms with Crippen LogP contribution >= 0.6 is 11.3 Å². The first-order valence-electron chi connectivity index (χ1n) is 6.57. The minimum atomic E-state index is -4.65. The van der Waals surface area contributed by atoms with E-state index in [1.54, 1.807) is 12.1 Å². The van der Waals surface area contributed by atoms with Gasteiger partial charge in [0.25, 0.3) is 10.1 Å². The molecule has 0 radical (unpaired) electrons. The van der Waals surface area contributed by atoms with E-state index in [0.717, 1.165) is 7.11 Å². The van der Waals surface area contributed by atoms with Crippen molar-refractivity contribution in [1.29, 1.82) is 0 Å². The van der Waals surface area contributed by atoms with Crippen LogP contribution in [0, 0.1) is 0 Å². The molecule has 0 atom stereocenters. The zero-order chi connectivity index (χ0) is 17.5. The Morgan fingerprint density at radius 1 is 1.25 bits per heavy atom. The quantitative estimate of drug-likeness (QED) is 0.758. The summed E-state index contributed by atoms with van der Waals surface area (Å²) >= 11 is 0.445. The Hall–Kier alpha value is -1.78. The van der Waals surface area contributed by atoms with Crippen LogP contribution in [0.25, 0.3) is 11.1 Å². The second-order valence-corrected chi connectivity index (χ2v) is 7.51. The number of rotatable bonds is 4. The molecule has 2 aromatic rings. The SMILES string of the molecule is COS(=O)(=O)Cc1c(-c2ccc3c(c2)OCO3)csc1C(F)(F)F. The topological polar surface area (TPSA) is 61.8 Å². The predicted molar refractivity (Wildman–Crippen MR) is 80.5 cm³/mol. The second-order valence-electron chi connectivity index (χ2n) is 4.89. The summed E-state index contributed by atoms with van der Waals surface area (Å²) in [6.45, 7) is 0.0289. The van der Waals surface area contributed by atoms with E-state index in [-0.39, 0.29) is 17.9 Å². The summed E-state index contributed by atoms with van der Waals surface area (Å²) in [7, 11) is -3.20. The molecule has 0 saturated heterocycles. The van der Waals surface area contributed by atoms with Gasteiger partial charge in [-0.1, -0.05) is 6.07 Å². The van der Waals surface area contributed by atoms with Crippen LogP contribution in [0.3, 0.4) is 0 Å². The lowest BCUT2D eigenvalue weighted by Crippen LogP contribution is -2.12. The Kier molecular flexibility index (Phi) is 4.22. The molecule has 0 fully saturated rings. The van der Waals surface area contributed by atoms with E-state index in [9.17, 15) is 21.6 Å². The van der Waals surface area contributed by atoms with Crippen LogP contribution in [0.5, 0.6) is 11.5 Å². The molecular weight excluding hydrogens is 369 g/mol. The van der Waals surface area contributed by atoms with Crippen LogP contribution in [0.1, 0.15) is 10.4 Å². The summed E-state index contributed by atoms with van der Waals surface area (Å²) in [5, 5.41) is 1.28. The second kappa shape index (κ2) is 5.94. The van der Waals surface area contributed by atoms with E-state index < -0.39 is 26.9 Å². The molecule has 1 aliphatic heterocycles. The highest BCUT2D eigenvalue weighted by atomic mass is 32.2. The van der Waals surface area contributed by atoms with Crippen molar-refractivity contribution in [3.63, 3.8) is 0 Å². The average Bonchev–Trinajstić information content (AvgIpc) is 3.11. The lowest BCUT2D eigenvalue weighted by Gasteiger charge is -2.10. The lowest BCUT2D eigenvalue weighted by molar-refractivity contribution is -0.134. The smallest absolute Gasteiger partial charge is 0.425 e. The number of halogens is 3. The molecule has 0 bridgehead atoms. The van der Waals surface area contributed by atoms with Crippen molar-refractivity contribution < 1.29 is 35.2 Å². The molecule has 5 nitrogen and oxygen atoms in total. The van der Waals surface area contributed by atoms with Gasteiger partial charge in [-0.25, -0.2) is 0 Å². The Bertz CT molecular complexity index is 871. The van der Waals surface area contributed by atoms with Gasteiger partial charge in [0.15, 0.2) is 11.5 Å². The van der Waals surface area contributed by atoms with Crippen molar-refractivity contribution in [3.05, 3.63) is 34.0 Å². The van der Waals surface area contributed by atoms with Crippen molar-refractivity contribution in [2.75, 3.05) is 13.9 Å². The number of ether oxygens (including phenoxy) is 2. The minimum Gasteiger partial charge on any atom is -0.454 e. The van der Waals surface area contributed by atoms with Gasteiger partial charge in [0.05, 0.1) is 7.11 Å². The van der Waals surface area contributed by atoms with Crippen molar-refractivity contribution in [1.82, 2.24) is 0 Å². The van der Waals surface area contributed by atoms with Crippen molar-refractivity contribution in [2.24, 2.45) is 0 Å². The molecule has 1 aromatic carbocycles. The van der Waals surface area contributed by atoms with Gasteiger partial charge in [0.2, 0.25) is 6.79 Å². The number of fused-ring (bicyclic) bond motifs is 1. The first-order valence-corrected chi connectivity index (χ1v) is 9.03. The lowest BCUT2D eigenvalue weighted by atomic mass is 10.0. The van der Waals surface area contributed by atoms with E-state index in [0.29, 0.717) is 28.4 Å². The third-order valence-electron chi connectivity index (χ3n) is 3.41. The zero-order valence-corrected chi connectivity index (χ0v) is 13.8. The molecule has 1 aliphatic rings. The molecule has 1 aromatic heterocycles. The van der Waals surface area contributed by atoms with Crippen LogP contribution in [0.2, 0.25) is 0 Å². The van der Waals surface area contributed by atoms with Crippen LogP contribution in [0.4, 0.5) is 13.2 Å². The highest BCUT2D eigenvalue weighted by molar-refractivity contribution is 7.85. The summed E-state index contributed by atoms with van der Waals surface area (Å²) in [6, 6.07) is 4.64. The van der Waals surface area contributed by atoms with Crippen LogP contribution in [0.15, 0.2) is 23.6 Å². The van der Waals surface area contributed by atoms with Crippen molar-refractivity contribution in [2.45, 2.75) is 11.9 Å². The van der Waals surface area contributed by atoms with E-state index in [1.807, 2.05) is 0 Å². The van der Waals surface area contributed by atoms with Crippen molar-refractivity contribution >= 4 is 21.5 Å². The maximum atomic E-state index is 13.2. The molecule has 24 heavy (non-hydrogen) atoms. The minimum absolute atomic E-state index is 0.0289. The fraction of sp³-hybridized carbons (Fsp3) is 0.286. The van der Waals surface area contributed by atoms with E-state index >= 15 is 0 Å². The third kappa shape index (κ3) is 3.21. The summed E-state index contributed by atoms with van der Waals surface area (Å²) < 4.78 is 77.7. The van der Waals surface area contributed by atoms with Gasteiger partial charge in [-0.3, -0.25) is 4.18 Å². The van der Waals surface area contributed by atoms with Gasteiger partial charge in [-0.2, -0.15) is 21.6 Å². The summed E-state index contributed by atoms with van der Waals surface area (Å²) in [6.07, 6.45) is -4.65. The van der Waals surface area contributed by atoms with Gasteiger partial charge < -0.3 is 9.47 Å². The standard InChI is InChI=1S/C14H11F3O5S2/c1-20-24(18,19)6-10-9(5-23-13(10)14(15,16)17)8-2-3-11-12(4-8)22-7-21-11/h2-5H,6-7H2,1H3. The summed E-state index contributed by atoms with van der Waals surface area (Å²) in [4.78, 5) is -0.962. The van der Waals surface area contributed by atoms with E-state index in [1.165, 1.54) is 11.4 Å². The van der Waals surface area contributed by atoms with Gasteiger partial charge in [-0.05, 0) is 28.6 Å².